The topological polar surface area (TPSA) is 24.5 Å². The molecule has 17 heavy (non-hydrogen) atoms. The molecule has 2 heterocycles. The van der Waals surface area contributed by atoms with Crippen LogP contribution >= 0.6 is 0 Å². The first-order chi connectivity index (χ1) is 8.43. The predicted octanol–water partition coefficient (Wildman–Crippen LogP) is 1.92. The van der Waals surface area contributed by atoms with E-state index in [2.05, 4.69) is 34.5 Å². The van der Waals surface area contributed by atoms with Crippen LogP contribution in [0.3, 0.4) is 0 Å². The number of fused-ring (bicyclic) bond motifs is 1. The molecule has 1 atom stereocenters. The molecule has 2 aliphatic heterocycles. The lowest BCUT2D eigenvalue weighted by Crippen LogP contribution is -2.37. The van der Waals surface area contributed by atoms with E-state index in [1.807, 2.05) is 0 Å². The summed E-state index contributed by atoms with van der Waals surface area (Å²) in [5.74, 6) is 0.689. The minimum Gasteiger partial charge on any atom is -0.384 e. The van der Waals surface area contributed by atoms with Crippen LogP contribution in [0.2, 0.25) is 0 Å². The van der Waals surface area contributed by atoms with Crippen LogP contribution < -0.4 is 5.32 Å². The van der Waals surface area contributed by atoms with Gasteiger partial charge in [-0.3, -0.25) is 4.90 Å². The number of anilines is 1. The molecule has 92 valence electrons. The van der Waals surface area contributed by atoms with Crippen molar-refractivity contribution in [3.8, 4) is 0 Å². The molecule has 1 aromatic rings. The van der Waals surface area contributed by atoms with Gasteiger partial charge in [0, 0.05) is 31.2 Å². The van der Waals surface area contributed by atoms with Crippen LogP contribution in [0, 0.1) is 0 Å². The van der Waals surface area contributed by atoms with Crippen molar-refractivity contribution in [2.75, 3.05) is 44.7 Å². The SMILES string of the molecule is c1ccc2c(c1)NCC2CCN1CCOCC1. The van der Waals surface area contributed by atoms with Gasteiger partial charge in [-0.2, -0.15) is 0 Å². The highest BCUT2D eigenvalue weighted by Crippen LogP contribution is 2.33. The molecule has 0 bridgehead atoms. The second-order valence-corrected chi connectivity index (χ2v) is 4.91. The van der Waals surface area contributed by atoms with Gasteiger partial charge in [0.2, 0.25) is 0 Å². The molecule has 1 aromatic carbocycles. The zero-order valence-corrected chi connectivity index (χ0v) is 10.2. The van der Waals surface area contributed by atoms with Gasteiger partial charge < -0.3 is 10.1 Å². The Morgan fingerprint density at radius 3 is 2.94 bits per heavy atom. The zero-order valence-electron chi connectivity index (χ0n) is 10.2. The fourth-order valence-electron chi connectivity index (χ4n) is 2.78. The molecular formula is C14H20N2O. The summed E-state index contributed by atoms with van der Waals surface area (Å²) in [6, 6.07) is 8.70. The predicted molar refractivity (Wildman–Crippen MR) is 69.5 cm³/mol. The second-order valence-electron chi connectivity index (χ2n) is 4.91. The molecule has 0 saturated carbocycles. The molecule has 1 unspecified atom stereocenters. The van der Waals surface area contributed by atoms with Crippen LogP contribution in [0.15, 0.2) is 24.3 Å². The first-order valence-corrected chi connectivity index (χ1v) is 6.56. The summed E-state index contributed by atoms with van der Waals surface area (Å²) in [5.41, 5.74) is 2.83. The monoisotopic (exact) mass is 232 g/mol. The molecule has 2 aliphatic rings. The third kappa shape index (κ3) is 2.45. The lowest BCUT2D eigenvalue weighted by molar-refractivity contribution is 0.0367. The fourth-order valence-corrected chi connectivity index (χ4v) is 2.78. The third-order valence-electron chi connectivity index (χ3n) is 3.84. The Hall–Kier alpha value is -1.06. The van der Waals surface area contributed by atoms with Crippen molar-refractivity contribution in [3.05, 3.63) is 29.8 Å². The van der Waals surface area contributed by atoms with Crippen LogP contribution in [-0.2, 0) is 4.74 Å². The van der Waals surface area contributed by atoms with Crippen molar-refractivity contribution in [3.63, 3.8) is 0 Å². The number of hydrogen-bond donors (Lipinski definition) is 1. The molecule has 3 heteroatoms. The molecule has 0 amide bonds. The van der Waals surface area contributed by atoms with Crippen LogP contribution in [0.5, 0.6) is 0 Å². The number of nitrogens with zero attached hydrogens (tertiary/aromatic N) is 1. The van der Waals surface area contributed by atoms with Gasteiger partial charge in [-0.1, -0.05) is 18.2 Å². The Morgan fingerprint density at radius 2 is 2.06 bits per heavy atom. The summed E-state index contributed by atoms with van der Waals surface area (Å²) in [6.07, 6.45) is 1.25. The van der Waals surface area contributed by atoms with Gasteiger partial charge in [0.25, 0.3) is 0 Å². The highest BCUT2D eigenvalue weighted by molar-refractivity contribution is 5.57. The van der Waals surface area contributed by atoms with E-state index in [0.29, 0.717) is 5.92 Å². The lowest BCUT2D eigenvalue weighted by Gasteiger charge is -2.27. The molecule has 0 radical (unpaired) electrons. The summed E-state index contributed by atoms with van der Waals surface area (Å²) >= 11 is 0. The Kier molecular flexibility index (Phi) is 3.29. The number of hydrogen-bond acceptors (Lipinski definition) is 3. The average molecular weight is 232 g/mol. The van der Waals surface area contributed by atoms with E-state index in [9.17, 15) is 0 Å². The normalized spacial score (nSPS) is 24.4. The van der Waals surface area contributed by atoms with E-state index in [0.717, 1.165) is 32.8 Å². The molecule has 3 nitrogen and oxygen atoms in total. The summed E-state index contributed by atoms with van der Waals surface area (Å²) in [4.78, 5) is 2.52. The summed E-state index contributed by atoms with van der Waals surface area (Å²) < 4.78 is 5.37. The van der Waals surface area contributed by atoms with Gasteiger partial charge in [-0.05, 0) is 24.6 Å². The van der Waals surface area contributed by atoms with E-state index >= 15 is 0 Å². The van der Waals surface area contributed by atoms with Gasteiger partial charge in [-0.15, -0.1) is 0 Å². The largest absolute Gasteiger partial charge is 0.384 e. The molecule has 0 spiro atoms. The van der Waals surface area contributed by atoms with Crippen LogP contribution in [0.25, 0.3) is 0 Å². The lowest BCUT2D eigenvalue weighted by atomic mass is 9.98. The van der Waals surface area contributed by atoms with Crippen LogP contribution in [0.1, 0.15) is 17.9 Å². The maximum atomic E-state index is 5.37. The van der Waals surface area contributed by atoms with Crippen molar-refractivity contribution < 1.29 is 4.74 Å². The fraction of sp³-hybridized carbons (Fsp3) is 0.571. The number of ether oxygens (including phenoxy) is 1. The number of benzene rings is 1. The Morgan fingerprint density at radius 1 is 1.24 bits per heavy atom. The number of para-hydroxylation sites is 1. The van der Waals surface area contributed by atoms with Crippen molar-refractivity contribution in [2.24, 2.45) is 0 Å². The van der Waals surface area contributed by atoms with E-state index in [1.165, 1.54) is 24.2 Å². The standard InChI is InChI=1S/C14H20N2O/c1-2-4-14-13(3-1)12(11-15-14)5-6-16-7-9-17-10-8-16/h1-4,12,15H,5-11H2. The van der Waals surface area contributed by atoms with E-state index in [1.54, 1.807) is 0 Å². The molecule has 0 aliphatic carbocycles. The van der Waals surface area contributed by atoms with Crippen LogP contribution in [-0.4, -0.2) is 44.3 Å². The highest BCUT2D eigenvalue weighted by Gasteiger charge is 2.22. The van der Waals surface area contributed by atoms with E-state index in [4.69, 9.17) is 4.74 Å². The van der Waals surface area contributed by atoms with Gasteiger partial charge >= 0.3 is 0 Å². The van der Waals surface area contributed by atoms with Crippen LogP contribution in [0.4, 0.5) is 5.69 Å². The summed E-state index contributed by atoms with van der Waals surface area (Å²) in [6.45, 7) is 6.30. The number of rotatable bonds is 3. The van der Waals surface area contributed by atoms with Crippen molar-refractivity contribution in [2.45, 2.75) is 12.3 Å². The first kappa shape index (κ1) is 11.1. The molecule has 1 N–H and O–H groups in total. The van der Waals surface area contributed by atoms with Crippen molar-refractivity contribution in [1.29, 1.82) is 0 Å². The van der Waals surface area contributed by atoms with Gasteiger partial charge in [0.1, 0.15) is 0 Å². The minimum absolute atomic E-state index is 0.689. The van der Waals surface area contributed by atoms with Crippen molar-refractivity contribution in [1.82, 2.24) is 4.90 Å². The van der Waals surface area contributed by atoms with Gasteiger partial charge in [-0.25, -0.2) is 0 Å². The Bertz CT molecular complexity index is 374. The zero-order chi connectivity index (χ0) is 11.5. The van der Waals surface area contributed by atoms with Gasteiger partial charge in [0.15, 0.2) is 0 Å². The first-order valence-electron chi connectivity index (χ1n) is 6.56. The number of nitrogens with one attached hydrogen (secondary N) is 1. The smallest absolute Gasteiger partial charge is 0.0594 e. The van der Waals surface area contributed by atoms with E-state index in [-0.39, 0.29) is 0 Å². The summed E-state index contributed by atoms with van der Waals surface area (Å²) in [5, 5.41) is 3.49. The summed E-state index contributed by atoms with van der Waals surface area (Å²) in [7, 11) is 0. The third-order valence-corrected chi connectivity index (χ3v) is 3.84. The molecule has 0 aromatic heterocycles. The minimum atomic E-state index is 0.689. The average Bonchev–Trinajstić information content (AvgIpc) is 2.81. The van der Waals surface area contributed by atoms with Crippen molar-refractivity contribution >= 4 is 5.69 Å². The highest BCUT2D eigenvalue weighted by atomic mass is 16.5. The Labute approximate surface area is 103 Å². The second kappa shape index (κ2) is 5.07. The Balaban J connectivity index is 1.56. The molecule has 1 fully saturated rings. The molecular weight excluding hydrogens is 212 g/mol. The van der Waals surface area contributed by atoms with E-state index < -0.39 is 0 Å². The molecule has 1 saturated heterocycles. The van der Waals surface area contributed by atoms with Gasteiger partial charge in [0.05, 0.1) is 13.2 Å². The molecule has 3 rings (SSSR count). The number of morpholine rings is 1. The maximum absolute atomic E-state index is 5.37. The quantitative estimate of drug-likeness (QED) is 0.861. The maximum Gasteiger partial charge on any atom is 0.0594 e.